The third kappa shape index (κ3) is 5.36. The van der Waals surface area contributed by atoms with Gasteiger partial charge in [-0.3, -0.25) is 9.59 Å². The van der Waals surface area contributed by atoms with Crippen molar-refractivity contribution in [3.63, 3.8) is 0 Å². The SMILES string of the molecule is CCOc1ccc(-c2noc(C3CCN(C(=O)CNC(=O)c4ccccc4)CC3)n2)cc1OC. The number of aromatic nitrogens is 2. The molecule has 2 aromatic carbocycles. The molecule has 1 aliphatic heterocycles. The number of carbonyl (C=O) groups is 2. The molecule has 3 aromatic rings. The number of hydrogen-bond donors (Lipinski definition) is 1. The van der Waals surface area contributed by atoms with Crippen LogP contribution >= 0.6 is 0 Å². The fraction of sp³-hybridized carbons (Fsp3) is 0.360. The van der Waals surface area contributed by atoms with E-state index in [9.17, 15) is 9.59 Å². The molecule has 0 aliphatic carbocycles. The number of carbonyl (C=O) groups excluding carboxylic acids is 2. The summed E-state index contributed by atoms with van der Waals surface area (Å²) in [5.41, 5.74) is 1.31. The highest BCUT2D eigenvalue weighted by atomic mass is 16.5. The molecule has 0 unspecified atom stereocenters. The largest absolute Gasteiger partial charge is 0.493 e. The number of hydrogen-bond acceptors (Lipinski definition) is 7. The fourth-order valence-corrected chi connectivity index (χ4v) is 3.93. The summed E-state index contributed by atoms with van der Waals surface area (Å²) in [4.78, 5) is 31.0. The number of ether oxygens (including phenoxy) is 2. The van der Waals surface area contributed by atoms with Crippen LogP contribution in [0.2, 0.25) is 0 Å². The van der Waals surface area contributed by atoms with Gasteiger partial charge in [0.15, 0.2) is 11.5 Å². The highest BCUT2D eigenvalue weighted by Gasteiger charge is 2.28. The van der Waals surface area contributed by atoms with Crippen LogP contribution in [0.5, 0.6) is 11.5 Å². The van der Waals surface area contributed by atoms with Crippen LogP contribution in [0.25, 0.3) is 11.4 Å². The second kappa shape index (κ2) is 10.8. The van der Waals surface area contributed by atoms with E-state index in [2.05, 4.69) is 15.5 Å². The van der Waals surface area contributed by atoms with Gasteiger partial charge in [0.1, 0.15) is 0 Å². The van der Waals surface area contributed by atoms with E-state index < -0.39 is 0 Å². The number of rotatable bonds is 8. The van der Waals surface area contributed by atoms with Crippen LogP contribution < -0.4 is 14.8 Å². The average molecular weight is 465 g/mol. The first kappa shape index (κ1) is 23.3. The van der Waals surface area contributed by atoms with Crippen LogP contribution in [-0.2, 0) is 4.79 Å². The number of nitrogens with zero attached hydrogens (tertiary/aromatic N) is 3. The molecule has 4 rings (SSSR count). The topological polar surface area (TPSA) is 107 Å². The zero-order valence-electron chi connectivity index (χ0n) is 19.3. The highest BCUT2D eigenvalue weighted by Crippen LogP contribution is 2.33. The number of nitrogens with one attached hydrogen (secondary N) is 1. The summed E-state index contributed by atoms with van der Waals surface area (Å²) in [6.07, 6.45) is 1.43. The molecule has 0 saturated carbocycles. The first-order valence-electron chi connectivity index (χ1n) is 11.3. The molecule has 0 spiro atoms. The third-order valence-electron chi connectivity index (χ3n) is 5.80. The highest BCUT2D eigenvalue weighted by molar-refractivity contribution is 5.96. The molecule has 34 heavy (non-hydrogen) atoms. The summed E-state index contributed by atoms with van der Waals surface area (Å²) >= 11 is 0. The first-order valence-corrected chi connectivity index (χ1v) is 11.3. The fourth-order valence-electron chi connectivity index (χ4n) is 3.93. The lowest BCUT2D eigenvalue weighted by Gasteiger charge is -2.30. The lowest BCUT2D eigenvalue weighted by atomic mass is 9.96. The Kier molecular flexibility index (Phi) is 7.41. The van der Waals surface area contributed by atoms with E-state index in [0.29, 0.717) is 61.3 Å². The number of benzene rings is 2. The molecule has 178 valence electrons. The van der Waals surface area contributed by atoms with Crippen LogP contribution in [0.4, 0.5) is 0 Å². The lowest BCUT2D eigenvalue weighted by Crippen LogP contribution is -2.43. The van der Waals surface area contributed by atoms with Gasteiger partial charge >= 0.3 is 0 Å². The molecule has 1 aliphatic rings. The van der Waals surface area contributed by atoms with E-state index in [4.69, 9.17) is 14.0 Å². The molecule has 2 amide bonds. The van der Waals surface area contributed by atoms with E-state index in [1.807, 2.05) is 31.2 Å². The second-order valence-corrected chi connectivity index (χ2v) is 7.96. The molecule has 1 saturated heterocycles. The van der Waals surface area contributed by atoms with Crippen molar-refractivity contribution in [3.8, 4) is 22.9 Å². The molecule has 9 heteroatoms. The van der Waals surface area contributed by atoms with Gasteiger partial charge in [-0.25, -0.2) is 0 Å². The van der Waals surface area contributed by atoms with Crippen LogP contribution in [0.15, 0.2) is 53.1 Å². The van der Waals surface area contributed by atoms with Gasteiger partial charge in [0.05, 0.1) is 20.3 Å². The molecule has 1 N–H and O–H groups in total. The van der Waals surface area contributed by atoms with Crippen molar-refractivity contribution in [2.45, 2.75) is 25.7 Å². The Balaban J connectivity index is 1.31. The van der Waals surface area contributed by atoms with E-state index in [-0.39, 0.29) is 24.3 Å². The smallest absolute Gasteiger partial charge is 0.251 e. The van der Waals surface area contributed by atoms with Crippen molar-refractivity contribution in [2.75, 3.05) is 33.4 Å². The minimum absolute atomic E-state index is 0.0251. The quantitative estimate of drug-likeness (QED) is 0.545. The van der Waals surface area contributed by atoms with Crippen LogP contribution in [0.3, 0.4) is 0 Å². The van der Waals surface area contributed by atoms with Crippen molar-refractivity contribution in [1.29, 1.82) is 0 Å². The molecule has 2 heterocycles. The number of likely N-dealkylation sites (tertiary alicyclic amines) is 1. The summed E-state index contributed by atoms with van der Waals surface area (Å²) in [5.74, 6) is 2.04. The van der Waals surface area contributed by atoms with Crippen molar-refractivity contribution in [3.05, 3.63) is 60.0 Å². The van der Waals surface area contributed by atoms with E-state index in [1.165, 1.54) is 0 Å². The summed E-state index contributed by atoms with van der Waals surface area (Å²) in [6.45, 7) is 3.57. The summed E-state index contributed by atoms with van der Waals surface area (Å²) in [5, 5.41) is 6.83. The predicted molar refractivity (Wildman–Crippen MR) is 125 cm³/mol. The Hall–Kier alpha value is -3.88. The monoisotopic (exact) mass is 464 g/mol. The summed E-state index contributed by atoms with van der Waals surface area (Å²) < 4.78 is 16.5. The maximum absolute atomic E-state index is 12.5. The minimum atomic E-state index is -0.256. The Morgan fingerprint density at radius 2 is 1.88 bits per heavy atom. The van der Waals surface area contributed by atoms with Crippen molar-refractivity contribution in [1.82, 2.24) is 20.4 Å². The Morgan fingerprint density at radius 3 is 2.59 bits per heavy atom. The molecule has 1 fully saturated rings. The average Bonchev–Trinajstić information content (AvgIpc) is 3.38. The molecular weight excluding hydrogens is 436 g/mol. The van der Waals surface area contributed by atoms with Gasteiger partial charge in [-0.1, -0.05) is 23.4 Å². The van der Waals surface area contributed by atoms with Crippen LogP contribution in [-0.4, -0.2) is 60.2 Å². The van der Waals surface area contributed by atoms with Crippen LogP contribution in [0, 0.1) is 0 Å². The zero-order chi connectivity index (χ0) is 23.9. The number of methoxy groups -OCH3 is 1. The van der Waals surface area contributed by atoms with Gasteiger partial charge in [0.25, 0.3) is 5.91 Å². The van der Waals surface area contributed by atoms with Crippen LogP contribution in [0.1, 0.15) is 41.9 Å². The van der Waals surface area contributed by atoms with Crippen molar-refractivity contribution in [2.24, 2.45) is 0 Å². The first-order chi connectivity index (χ1) is 16.6. The number of amides is 2. The maximum Gasteiger partial charge on any atom is 0.251 e. The normalized spacial score (nSPS) is 14.0. The molecule has 9 nitrogen and oxygen atoms in total. The van der Waals surface area contributed by atoms with Gasteiger partial charge in [0, 0.05) is 30.1 Å². The van der Waals surface area contributed by atoms with E-state index in [1.54, 1.807) is 36.3 Å². The Morgan fingerprint density at radius 1 is 1.12 bits per heavy atom. The number of piperidine rings is 1. The van der Waals surface area contributed by atoms with Gasteiger partial charge in [-0.05, 0) is 50.1 Å². The van der Waals surface area contributed by atoms with Gasteiger partial charge in [0.2, 0.25) is 17.6 Å². The van der Waals surface area contributed by atoms with Crippen molar-refractivity contribution < 1.29 is 23.6 Å². The second-order valence-electron chi connectivity index (χ2n) is 7.96. The Bertz CT molecular complexity index is 1120. The van der Waals surface area contributed by atoms with Gasteiger partial charge in [-0.2, -0.15) is 4.98 Å². The van der Waals surface area contributed by atoms with Crippen molar-refractivity contribution >= 4 is 11.8 Å². The third-order valence-corrected chi connectivity index (χ3v) is 5.80. The maximum atomic E-state index is 12.5. The molecule has 0 atom stereocenters. The summed E-state index contributed by atoms with van der Waals surface area (Å²) in [7, 11) is 1.59. The minimum Gasteiger partial charge on any atom is -0.493 e. The molecule has 1 aromatic heterocycles. The molecule has 0 radical (unpaired) electrons. The summed E-state index contributed by atoms with van der Waals surface area (Å²) in [6, 6.07) is 14.4. The molecule has 0 bridgehead atoms. The van der Waals surface area contributed by atoms with Gasteiger partial charge < -0.3 is 24.2 Å². The molecular formula is C25H28N4O5. The predicted octanol–water partition coefficient (Wildman–Crippen LogP) is 3.28. The van der Waals surface area contributed by atoms with E-state index in [0.717, 1.165) is 5.56 Å². The Labute approximate surface area is 198 Å². The van der Waals surface area contributed by atoms with E-state index >= 15 is 0 Å². The zero-order valence-corrected chi connectivity index (χ0v) is 19.3. The standard InChI is InChI=1S/C25H28N4O5/c1-3-33-20-10-9-19(15-21(20)32-2)23-27-25(34-28-23)18-11-13-29(14-12-18)22(30)16-26-24(31)17-7-5-4-6-8-17/h4-10,15,18H,3,11-14,16H2,1-2H3,(H,26,31). The lowest BCUT2D eigenvalue weighted by molar-refractivity contribution is -0.131. The van der Waals surface area contributed by atoms with Gasteiger partial charge in [-0.15, -0.1) is 0 Å².